The quantitative estimate of drug-likeness (QED) is 0.348. The first-order chi connectivity index (χ1) is 13.8. The Morgan fingerprint density at radius 1 is 1.21 bits per heavy atom. The lowest BCUT2D eigenvalue weighted by molar-refractivity contribution is -0.114. The molecular weight excluding hydrogens is 382 g/mol. The van der Waals surface area contributed by atoms with Gasteiger partial charge in [0, 0.05) is 13.0 Å². The molecule has 0 heterocycles. The highest BCUT2D eigenvalue weighted by atomic mass is 19.3. The second kappa shape index (κ2) is 10.3. The van der Waals surface area contributed by atoms with Gasteiger partial charge in [0.05, 0.1) is 0 Å². The third-order valence-corrected chi connectivity index (χ3v) is 4.41. The lowest BCUT2D eigenvalue weighted by Crippen LogP contribution is -2.28. The molecule has 2 aromatic carbocycles. The van der Waals surface area contributed by atoms with Gasteiger partial charge in [-0.05, 0) is 48.6 Å². The molecule has 0 aromatic heterocycles. The van der Waals surface area contributed by atoms with Crippen molar-refractivity contribution < 1.29 is 28.2 Å². The fourth-order valence-electron chi connectivity index (χ4n) is 2.87. The molecule has 0 spiro atoms. The molecule has 29 heavy (non-hydrogen) atoms. The van der Waals surface area contributed by atoms with Crippen LogP contribution in [0.4, 0.5) is 8.78 Å². The van der Waals surface area contributed by atoms with Crippen molar-refractivity contribution in [1.29, 1.82) is 5.41 Å². The predicted molar refractivity (Wildman–Crippen MR) is 105 cm³/mol. The van der Waals surface area contributed by atoms with Crippen LogP contribution in [-0.2, 0) is 11.2 Å². The summed E-state index contributed by atoms with van der Waals surface area (Å²) in [7, 11) is 0. The molecule has 0 aliphatic heterocycles. The van der Waals surface area contributed by atoms with E-state index in [9.17, 15) is 23.5 Å². The topological polar surface area (TPSA) is 90.7 Å². The number of hydrogen-bond donors (Lipinski definition) is 2. The van der Waals surface area contributed by atoms with Crippen LogP contribution in [0, 0.1) is 5.41 Å². The van der Waals surface area contributed by atoms with Crippen molar-refractivity contribution >= 4 is 18.2 Å². The van der Waals surface area contributed by atoms with Crippen molar-refractivity contribution in [3.8, 4) is 16.9 Å². The Bertz CT molecular complexity index is 869. The van der Waals surface area contributed by atoms with Crippen LogP contribution in [0.2, 0.25) is 0 Å². The van der Waals surface area contributed by atoms with Crippen LogP contribution in [0.1, 0.15) is 35.7 Å². The third kappa shape index (κ3) is 6.10. The lowest BCUT2D eigenvalue weighted by Gasteiger charge is -2.15. The van der Waals surface area contributed by atoms with Gasteiger partial charge in [-0.15, -0.1) is 0 Å². The number of benzene rings is 2. The molecule has 0 aliphatic rings. The molecule has 0 bridgehead atoms. The van der Waals surface area contributed by atoms with Crippen molar-refractivity contribution in [3.63, 3.8) is 0 Å². The van der Waals surface area contributed by atoms with Gasteiger partial charge in [-0.1, -0.05) is 30.3 Å². The minimum absolute atomic E-state index is 0.284. The molecule has 6 nitrogen and oxygen atoms in total. The minimum Gasteiger partial charge on any atom is -0.478 e. The summed E-state index contributed by atoms with van der Waals surface area (Å²) in [6.07, 6.45) is 2.58. The minimum atomic E-state index is -3.10. The third-order valence-electron chi connectivity index (χ3n) is 4.41. The van der Waals surface area contributed by atoms with Crippen LogP contribution in [0.5, 0.6) is 5.75 Å². The predicted octanol–water partition coefficient (Wildman–Crippen LogP) is 4.43. The standard InChI is InChI=1S/C21H22F2N2O4/c1-2-25(13-26)19(24)5-3-4-14-6-8-15(9-7-14)16-10-11-18(29-21(22)23)17(12-16)20(27)28/h6-13,21,24H,2-5H2,1H3,(H,27,28). The summed E-state index contributed by atoms with van der Waals surface area (Å²) in [4.78, 5) is 23.5. The monoisotopic (exact) mass is 404 g/mol. The maximum Gasteiger partial charge on any atom is 0.387 e. The molecule has 0 unspecified atom stereocenters. The number of ether oxygens (including phenoxy) is 1. The van der Waals surface area contributed by atoms with Crippen molar-refractivity contribution in [1.82, 2.24) is 4.90 Å². The maximum atomic E-state index is 12.4. The van der Waals surface area contributed by atoms with Gasteiger partial charge in [-0.25, -0.2) is 4.79 Å². The number of hydrogen-bond acceptors (Lipinski definition) is 4. The fourth-order valence-corrected chi connectivity index (χ4v) is 2.87. The number of amides is 1. The molecular formula is C21H22F2N2O4. The molecule has 0 atom stereocenters. The van der Waals surface area contributed by atoms with Gasteiger partial charge in [0.1, 0.15) is 17.1 Å². The molecule has 8 heteroatoms. The number of rotatable bonds is 10. The first-order valence-corrected chi connectivity index (χ1v) is 9.06. The molecule has 2 aromatic rings. The van der Waals surface area contributed by atoms with Gasteiger partial charge in [-0.3, -0.25) is 10.2 Å². The number of aryl methyl sites for hydroxylation is 1. The summed E-state index contributed by atoms with van der Waals surface area (Å²) in [5.74, 6) is -1.45. The average Bonchev–Trinajstić information content (AvgIpc) is 2.69. The molecule has 0 saturated heterocycles. The number of aromatic carboxylic acids is 1. The molecule has 2 rings (SSSR count). The van der Waals surface area contributed by atoms with E-state index in [4.69, 9.17) is 5.41 Å². The van der Waals surface area contributed by atoms with Gasteiger partial charge in [0.2, 0.25) is 6.41 Å². The van der Waals surface area contributed by atoms with Crippen molar-refractivity contribution in [2.45, 2.75) is 32.8 Å². The molecule has 0 saturated carbocycles. The number of nitrogens with one attached hydrogen (secondary N) is 1. The zero-order valence-corrected chi connectivity index (χ0v) is 15.9. The highest BCUT2D eigenvalue weighted by Crippen LogP contribution is 2.28. The molecule has 2 N–H and O–H groups in total. The molecule has 1 amide bonds. The number of halogens is 2. The zero-order valence-electron chi connectivity index (χ0n) is 15.9. The highest BCUT2D eigenvalue weighted by Gasteiger charge is 2.16. The summed E-state index contributed by atoms with van der Waals surface area (Å²) in [6.45, 7) is -0.823. The zero-order chi connectivity index (χ0) is 21.4. The first-order valence-electron chi connectivity index (χ1n) is 9.06. The van der Waals surface area contributed by atoms with E-state index in [-0.39, 0.29) is 17.1 Å². The van der Waals surface area contributed by atoms with E-state index in [1.165, 1.54) is 23.1 Å². The number of nitrogens with zero attached hydrogens (tertiary/aromatic N) is 1. The second-order valence-electron chi connectivity index (χ2n) is 6.28. The normalized spacial score (nSPS) is 10.6. The molecule has 0 fully saturated rings. The van der Waals surface area contributed by atoms with Crippen LogP contribution in [0.3, 0.4) is 0 Å². The number of carbonyl (C=O) groups is 2. The smallest absolute Gasteiger partial charge is 0.387 e. The number of carbonyl (C=O) groups excluding carboxylic acids is 1. The van der Waals surface area contributed by atoms with E-state index in [0.717, 1.165) is 17.5 Å². The Morgan fingerprint density at radius 3 is 2.41 bits per heavy atom. The Kier molecular flexibility index (Phi) is 7.82. The van der Waals surface area contributed by atoms with E-state index >= 15 is 0 Å². The lowest BCUT2D eigenvalue weighted by atomic mass is 9.99. The Balaban J connectivity index is 2.06. The van der Waals surface area contributed by atoms with Crippen LogP contribution in [-0.4, -0.2) is 41.4 Å². The van der Waals surface area contributed by atoms with Crippen molar-refractivity contribution in [2.75, 3.05) is 6.54 Å². The summed E-state index contributed by atoms with van der Waals surface area (Å²) in [5, 5.41) is 17.1. The van der Waals surface area contributed by atoms with Gasteiger partial charge >= 0.3 is 12.6 Å². The Labute approximate surface area is 167 Å². The van der Waals surface area contributed by atoms with Crippen LogP contribution < -0.4 is 4.74 Å². The molecule has 0 radical (unpaired) electrons. The van der Waals surface area contributed by atoms with E-state index < -0.39 is 12.6 Å². The SMILES string of the molecule is CCN(C=O)C(=N)CCCc1ccc(-c2ccc(OC(F)F)c(C(=O)O)c2)cc1. The van der Waals surface area contributed by atoms with E-state index in [0.29, 0.717) is 31.4 Å². The Hall–Kier alpha value is -3.29. The summed E-state index contributed by atoms with van der Waals surface area (Å²) < 4.78 is 29.1. The second-order valence-corrected chi connectivity index (χ2v) is 6.28. The van der Waals surface area contributed by atoms with Gasteiger partial charge in [0.15, 0.2) is 0 Å². The largest absolute Gasteiger partial charge is 0.478 e. The summed E-state index contributed by atoms with van der Waals surface area (Å²) in [5.41, 5.74) is 2.01. The van der Waals surface area contributed by atoms with Crippen LogP contribution >= 0.6 is 0 Å². The van der Waals surface area contributed by atoms with Crippen LogP contribution in [0.15, 0.2) is 42.5 Å². The van der Waals surface area contributed by atoms with Crippen LogP contribution in [0.25, 0.3) is 11.1 Å². The fraction of sp³-hybridized carbons (Fsp3) is 0.286. The summed E-state index contributed by atoms with van der Waals surface area (Å²) >= 11 is 0. The van der Waals surface area contributed by atoms with Gasteiger partial charge in [-0.2, -0.15) is 8.78 Å². The number of carboxylic acid groups (broad SMARTS) is 1. The average molecular weight is 404 g/mol. The first kappa shape index (κ1) is 22.0. The molecule has 154 valence electrons. The highest BCUT2D eigenvalue weighted by molar-refractivity contribution is 5.92. The summed E-state index contributed by atoms with van der Waals surface area (Å²) in [6, 6.07) is 11.5. The van der Waals surface area contributed by atoms with E-state index in [1.54, 1.807) is 0 Å². The van der Waals surface area contributed by atoms with Crippen molar-refractivity contribution in [2.24, 2.45) is 0 Å². The number of amidine groups is 1. The van der Waals surface area contributed by atoms with Gasteiger partial charge < -0.3 is 14.7 Å². The van der Waals surface area contributed by atoms with E-state index in [1.807, 2.05) is 31.2 Å². The maximum absolute atomic E-state index is 12.4. The van der Waals surface area contributed by atoms with E-state index in [2.05, 4.69) is 4.74 Å². The Morgan fingerprint density at radius 2 is 1.86 bits per heavy atom. The number of carboxylic acids is 1. The number of alkyl halides is 2. The molecule has 0 aliphatic carbocycles. The van der Waals surface area contributed by atoms with Crippen molar-refractivity contribution in [3.05, 3.63) is 53.6 Å². The van der Waals surface area contributed by atoms with Gasteiger partial charge in [0.25, 0.3) is 0 Å².